The zero-order chi connectivity index (χ0) is 14.7. The topological polar surface area (TPSA) is 42.7 Å². The summed E-state index contributed by atoms with van der Waals surface area (Å²) in [6.45, 7) is 2.79. The van der Waals surface area contributed by atoms with Gasteiger partial charge in [0.1, 0.15) is 11.5 Å². The first kappa shape index (κ1) is 14.4. The van der Waals surface area contributed by atoms with Crippen LogP contribution in [0.5, 0.6) is 0 Å². The standard InChI is InChI=1S/C16H18ClNO3/c17-8-16(19)18(10-13-3-5-20-11-13)9-12-1-2-15-14(7-12)4-6-21-15/h1-2,4,6-7,13H,3,5,8-11H2. The second-order valence-corrected chi connectivity index (χ2v) is 5.70. The summed E-state index contributed by atoms with van der Waals surface area (Å²) in [7, 11) is 0. The molecule has 0 aliphatic carbocycles. The maximum atomic E-state index is 12.1. The number of amides is 1. The maximum Gasteiger partial charge on any atom is 0.237 e. The smallest absolute Gasteiger partial charge is 0.237 e. The Morgan fingerprint density at radius 1 is 1.38 bits per heavy atom. The molecule has 0 saturated carbocycles. The van der Waals surface area contributed by atoms with Gasteiger partial charge in [0.15, 0.2) is 0 Å². The molecule has 1 unspecified atom stereocenters. The van der Waals surface area contributed by atoms with Crippen LogP contribution in [0.2, 0.25) is 0 Å². The number of benzene rings is 1. The van der Waals surface area contributed by atoms with Crippen molar-refractivity contribution in [3.63, 3.8) is 0 Å². The van der Waals surface area contributed by atoms with Crippen LogP contribution in [0, 0.1) is 5.92 Å². The molecule has 1 aromatic heterocycles. The largest absolute Gasteiger partial charge is 0.464 e. The fourth-order valence-electron chi connectivity index (χ4n) is 2.71. The summed E-state index contributed by atoms with van der Waals surface area (Å²) in [4.78, 5) is 13.9. The maximum absolute atomic E-state index is 12.1. The van der Waals surface area contributed by atoms with Gasteiger partial charge in [-0.25, -0.2) is 0 Å². The van der Waals surface area contributed by atoms with Gasteiger partial charge < -0.3 is 14.1 Å². The van der Waals surface area contributed by atoms with Gasteiger partial charge in [-0.15, -0.1) is 11.6 Å². The van der Waals surface area contributed by atoms with Crippen molar-refractivity contribution in [1.29, 1.82) is 0 Å². The second-order valence-electron chi connectivity index (χ2n) is 5.43. The van der Waals surface area contributed by atoms with Crippen molar-refractivity contribution in [2.45, 2.75) is 13.0 Å². The van der Waals surface area contributed by atoms with Crippen molar-refractivity contribution < 1.29 is 13.9 Å². The Bertz CT molecular complexity index is 619. The van der Waals surface area contributed by atoms with E-state index in [1.165, 1.54) is 0 Å². The Labute approximate surface area is 128 Å². The molecule has 5 heteroatoms. The number of hydrogen-bond acceptors (Lipinski definition) is 3. The van der Waals surface area contributed by atoms with E-state index in [2.05, 4.69) is 6.07 Å². The average molecular weight is 308 g/mol. The highest BCUT2D eigenvalue weighted by Gasteiger charge is 2.22. The van der Waals surface area contributed by atoms with Crippen LogP contribution in [0.15, 0.2) is 34.9 Å². The van der Waals surface area contributed by atoms with Gasteiger partial charge in [0.25, 0.3) is 0 Å². The summed E-state index contributed by atoms with van der Waals surface area (Å²) in [5.74, 6) is 0.396. The minimum Gasteiger partial charge on any atom is -0.464 e. The fourth-order valence-corrected chi connectivity index (χ4v) is 2.88. The molecule has 21 heavy (non-hydrogen) atoms. The van der Waals surface area contributed by atoms with Gasteiger partial charge >= 0.3 is 0 Å². The quantitative estimate of drug-likeness (QED) is 0.797. The molecule has 3 rings (SSSR count). The summed E-state index contributed by atoms with van der Waals surface area (Å²) in [6, 6.07) is 7.91. The second kappa shape index (κ2) is 6.50. The number of carbonyl (C=O) groups excluding carboxylic acids is 1. The first-order valence-corrected chi connectivity index (χ1v) is 7.67. The summed E-state index contributed by atoms with van der Waals surface area (Å²) in [5.41, 5.74) is 1.94. The van der Waals surface area contributed by atoms with Crippen LogP contribution in [0.4, 0.5) is 0 Å². The van der Waals surface area contributed by atoms with Crippen molar-refractivity contribution in [2.75, 3.05) is 25.6 Å². The minimum absolute atomic E-state index is 0.0154. The van der Waals surface area contributed by atoms with E-state index in [1.807, 2.05) is 23.1 Å². The van der Waals surface area contributed by atoms with Gasteiger partial charge in [0.2, 0.25) is 5.91 Å². The monoisotopic (exact) mass is 307 g/mol. The lowest BCUT2D eigenvalue weighted by Gasteiger charge is -2.24. The van der Waals surface area contributed by atoms with Crippen molar-refractivity contribution in [2.24, 2.45) is 5.92 Å². The van der Waals surface area contributed by atoms with E-state index >= 15 is 0 Å². The normalized spacial score (nSPS) is 18.2. The van der Waals surface area contributed by atoms with Gasteiger partial charge in [-0.3, -0.25) is 4.79 Å². The Morgan fingerprint density at radius 3 is 3.05 bits per heavy atom. The molecule has 0 spiro atoms. The number of hydrogen-bond donors (Lipinski definition) is 0. The van der Waals surface area contributed by atoms with Crippen molar-refractivity contribution in [3.8, 4) is 0 Å². The molecule has 1 aliphatic heterocycles. The lowest BCUT2D eigenvalue weighted by atomic mass is 10.1. The lowest BCUT2D eigenvalue weighted by Crippen LogP contribution is -2.36. The van der Waals surface area contributed by atoms with Gasteiger partial charge in [0.05, 0.1) is 12.9 Å². The molecule has 1 amide bonds. The number of nitrogens with zero attached hydrogens (tertiary/aromatic N) is 1. The van der Waals surface area contributed by atoms with Gasteiger partial charge in [-0.05, 0) is 30.2 Å². The van der Waals surface area contributed by atoms with Gasteiger partial charge in [0, 0.05) is 31.0 Å². The van der Waals surface area contributed by atoms with E-state index in [0.29, 0.717) is 19.0 Å². The zero-order valence-electron chi connectivity index (χ0n) is 11.8. The molecule has 0 N–H and O–H groups in total. The molecule has 1 aromatic carbocycles. The van der Waals surface area contributed by atoms with Crippen molar-refractivity contribution in [1.82, 2.24) is 4.90 Å². The summed E-state index contributed by atoms with van der Waals surface area (Å²) in [6.07, 6.45) is 2.68. The molecular weight excluding hydrogens is 290 g/mol. The summed E-state index contributed by atoms with van der Waals surface area (Å²) >= 11 is 5.74. The van der Waals surface area contributed by atoms with Crippen LogP contribution in [-0.2, 0) is 16.1 Å². The van der Waals surface area contributed by atoms with Crippen molar-refractivity contribution >= 4 is 28.5 Å². The summed E-state index contributed by atoms with van der Waals surface area (Å²) < 4.78 is 10.7. The first-order chi connectivity index (χ1) is 10.3. The molecule has 1 atom stereocenters. The van der Waals surface area contributed by atoms with Crippen LogP contribution in [0.25, 0.3) is 11.0 Å². The third kappa shape index (κ3) is 3.39. The van der Waals surface area contributed by atoms with Gasteiger partial charge in [-0.1, -0.05) is 6.07 Å². The Morgan fingerprint density at radius 2 is 2.29 bits per heavy atom. The van der Waals surface area contributed by atoms with E-state index in [-0.39, 0.29) is 11.8 Å². The number of alkyl halides is 1. The Hall–Kier alpha value is -1.52. The van der Waals surface area contributed by atoms with E-state index in [4.69, 9.17) is 20.8 Å². The van der Waals surface area contributed by atoms with Crippen molar-refractivity contribution in [3.05, 3.63) is 36.1 Å². The summed E-state index contributed by atoms with van der Waals surface area (Å²) in [5, 5.41) is 1.05. The highest BCUT2D eigenvalue weighted by molar-refractivity contribution is 6.27. The number of ether oxygens (including phenoxy) is 1. The molecule has 2 aromatic rings. The SMILES string of the molecule is O=C(CCl)N(Cc1ccc2occc2c1)CC1CCOC1. The van der Waals surface area contributed by atoms with E-state index in [0.717, 1.165) is 36.2 Å². The Kier molecular flexibility index (Phi) is 4.46. The highest BCUT2D eigenvalue weighted by atomic mass is 35.5. The van der Waals surface area contributed by atoms with E-state index in [9.17, 15) is 4.79 Å². The fraction of sp³-hybridized carbons (Fsp3) is 0.438. The number of furan rings is 1. The number of fused-ring (bicyclic) bond motifs is 1. The van der Waals surface area contributed by atoms with E-state index in [1.54, 1.807) is 6.26 Å². The lowest BCUT2D eigenvalue weighted by molar-refractivity contribution is -0.129. The zero-order valence-corrected chi connectivity index (χ0v) is 12.5. The number of rotatable bonds is 5. The highest BCUT2D eigenvalue weighted by Crippen LogP contribution is 2.20. The van der Waals surface area contributed by atoms with E-state index < -0.39 is 0 Å². The van der Waals surface area contributed by atoms with Crippen LogP contribution >= 0.6 is 11.6 Å². The van der Waals surface area contributed by atoms with Crippen LogP contribution < -0.4 is 0 Å². The molecular formula is C16H18ClNO3. The molecule has 0 radical (unpaired) electrons. The first-order valence-electron chi connectivity index (χ1n) is 7.14. The number of halogens is 1. The number of carbonyl (C=O) groups is 1. The molecule has 1 aliphatic rings. The molecule has 1 saturated heterocycles. The average Bonchev–Trinajstić information content (AvgIpc) is 3.16. The predicted octanol–water partition coefficient (Wildman–Crippen LogP) is 3.04. The molecule has 112 valence electrons. The molecule has 2 heterocycles. The molecule has 1 fully saturated rings. The van der Waals surface area contributed by atoms with Gasteiger partial charge in [-0.2, -0.15) is 0 Å². The Balaban J connectivity index is 1.74. The minimum atomic E-state index is -0.0316. The molecule has 4 nitrogen and oxygen atoms in total. The molecule has 0 bridgehead atoms. The predicted molar refractivity (Wildman–Crippen MR) is 81.3 cm³/mol. The van der Waals surface area contributed by atoms with Crippen LogP contribution in [-0.4, -0.2) is 36.4 Å². The third-order valence-corrected chi connectivity index (χ3v) is 4.09. The van der Waals surface area contributed by atoms with Crippen LogP contribution in [0.1, 0.15) is 12.0 Å². The van der Waals surface area contributed by atoms with Crippen LogP contribution in [0.3, 0.4) is 0 Å². The third-order valence-electron chi connectivity index (χ3n) is 3.86.